The van der Waals surface area contributed by atoms with Crippen LogP contribution in [0.2, 0.25) is 0 Å². The van der Waals surface area contributed by atoms with Crippen molar-refractivity contribution in [3.8, 4) is 12.1 Å². The van der Waals surface area contributed by atoms with E-state index in [9.17, 15) is 4.39 Å². The summed E-state index contributed by atoms with van der Waals surface area (Å²) in [6.45, 7) is -0.392. The Balaban J connectivity index is 2.81. The number of rotatable bonds is 0. The highest BCUT2D eigenvalue weighted by Gasteiger charge is 1.52. The maximum Gasteiger partial charge on any atom is 0.108 e. The van der Waals surface area contributed by atoms with Gasteiger partial charge in [0.1, 0.15) is 12.8 Å². The quantitative estimate of drug-likeness (QED) is 0.398. The van der Waals surface area contributed by atoms with Gasteiger partial charge >= 0.3 is 0 Å². The second-order valence-corrected chi connectivity index (χ2v) is 0.429. The summed E-state index contributed by atoms with van der Waals surface area (Å²) in [4.78, 5) is 0. The molecule has 0 aliphatic rings. The van der Waals surface area contributed by atoms with Crippen LogP contribution in [0.25, 0.3) is 0 Å². The lowest BCUT2D eigenvalue weighted by Crippen LogP contribution is -1.66. The van der Waals surface area contributed by atoms with E-state index >= 15 is 0 Å². The average Bonchev–Trinajstić information content (AvgIpc) is 1.41. The van der Waals surface area contributed by atoms with E-state index in [2.05, 4.69) is 0 Å². The van der Waals surface area contributed by atoms with E-state index in [-0.39, 0.29) is 0 Å². The third kappa shape index (κ3) is 3.45. The molecule has 0 rings (SSSR count). The first-order valence-corrected chi connectivity index (χ1v) is 1.11. The van der Waals surface area contributed by atoms with Gasteiger partial charge in [-0.05, 0) is 5.92 Å². The predicted octanol–water partition coefficient (Wildman–Crippen LogP) is -0.0909. The molecular formula is C3H3FO. The van der Waals surface area contributed by atoms with Crippen molar-refractivity contribution in [1.82, 2.24) is 0 Å². The van der Waals surface area contributed by atoms with E-state index in [0.29, 0.717) is 0 Å². The topological polar surface area (TPSA) is 20.2 Å². The minimum atomic E-state index is -0.392. The first-order chi connectivity index (χ1) is 2.41. The Morgan fingerprint density at radius 1 is 1.80 bits per heavy atom. The third-order valence-corrected chi connectivity index (χ3v) is 0.146. The van der Waals surface area contributed by atoms with Gasteiger partial charge in [0, 0.05) is 0 Å². The first-order valence-electron chi connectivity index (χ1n) is 1.11. The zero-order valence-electron chi connectivity index (χ0n) is 2.53. The van der Waals surface area contributed by atoms with Gasteiger partial charge in [0.15, 0.2) is 0 Å². The lowest BCUT2D eigenvalue weighted by atomic mass is 10.8. The highest BCUT2D eigenvalue weighted by atomic mass is 19.1. The van der Waals surface area contributed by atoms with Crippen LogP contribution in [0.15, 0.2) is 0 Å². The molecule has 0 aliphatic heterocycles. The van der Waals surface area contributed by atoms with E-state index in [0.717, 1.165) is 6.17 Å². The Kier molecular flexibility index (Phi) is 3.07. The second-order valence-electron chi connectivity index (χ2n) is 0.429. The van der Waals surface area contributed by atoms with Crippen LogP contribution >= 0.6 is 0 Å². The molecule has 1 N–H and O–H groups in total. The van der Waals surface area contributed by atoms with Crippen LogP contribution in [0.1, 0.15) is 0 Å². The Labute approximate surface area is 29.4 Å². The fraction of sp³-hybridized carbons (Fsp3) is 0.333. The van der Waals surface area contributed by atoms with Gasteiger partial charge in [0.2, 0.25) is 0 Å². The van der Waals surface area contributed by atoms with Gasteiger partial charge in [-0.2, -0.15) is 0 Å². The summed E-state index contributed by atoms with van der Waals surface area (Å²) in [5, 5.41) is 7.65. The van der Waals surface area contributed by atoms with Crippen LogP contribution in [-0.2, 0) is 0 Å². The molecule has 0 fully saturated rings. The molecular weight excluding hydrogens is 71.0 g/mol. The standard InChI is InChI=1S/C3H3FO/c4-2-1-3-5/h5H,3H2. The maximum absolute atomic E-state index is 10.5. The predicted molar refractivity (Wildman–Crippen MR) is 16.0 cm³/mol. The first kappa shape index (κ1) is 4.45. The van der Waals surface area contributed by atoms with Gasteiger partial charge in [-0.25, -0.2) is 0 Å². The number of halogens is 1. The van der Waals surface area contributed by atoms with Crippen LogP contribution in [0.3, 0.4) is 0 Å². The zero-order valence-corrected chi connectivity index (χ0v) is 2.53. The SMILES string of the molecule is OCC#CF. The molecule has 2 heteroatoms. The van der Waals surface area contributed by atoms with Crippen molar-refractivity contribution in [2.45, 2.75) is 0 Å². The molecule has 0 radical (unpaired) electrons. The summed E-state index contributed by atoms with van der Waals surface area (Å²) in [7, 11) is 0. The van der Waals surface area contributed by atoms with Crippen LogP contribution in [0, 0.1) is 12.1 Å². The van der Waals surface area contributed by atoms with Gasteiger partial charge < -0.3 is 5.11 Å². The van der Waals surface area contributed by atoms with Crippen molar-refractivity contribution in [1.29, 1.82) is 0 Å². The molecule has 0 saturated carbocycles. The molecule has 0 aliphatic carbocycles. The van der Waals surface area contributed by atoms with Gasteiger partial charge in [-0.15, -0.1) is 4.39 Å². The van der Waals surface area contributed by atoms with E-state index < -0.39 is 6.61 Å². The molecule has 28 valence electrons. The number of aliphatic hydroxyl groups excluding tert-OH is 1. The summed E-state index contributed by atoms with van der Waals surface area (Å²) >= 11 is 0. The molecule has 1 nitrogen and oxygen atoms in total. The van der Waals surface area contributed by atoms with E-state index in [1.165, 1.54) is 0 Å². The van der Waals surface area contributed by atoms with Gasteiger partial charge in [0.05, 0.1) is 0 Å². The highest BCUT2D eigenvalue weighted by Crippen LogP contribution is 1.49. The molecule has 0 unspecified atom stereocenters. The van der Waals surface area contributed by atoms with Crippen LogP contribution in [0.5, 0.6) is 0 Å². The maximum atomic E-state index is 10.5. The molecule has 0 aromatic heterocycles. The zero-order chi connectivity index (χ0) is 4.12. The van der Waals surface area contributed by atoms with E-state index in [1.54, 1.807) is 5.92 Å². The molecule has 0 spiro atoms. The largest absolute Gasteiger partial charge is 0.384 e. The van der Waals surface area contributed by atoms with Crippen molar-refractivity contribution in [3.63, 3.8) is 0 Å². The molecule has 0 bridgehead atoms. The number of aliphatic hydroxyl groups is 1. The van der Waals surface area contributed by atoms with Gasteiger partial charge in [-0.1, -0.05) is 0 Å². The van der Waals surface area contributed by atoms with Crippen molar-refractivity contribution >= 4 is 0 Å². The highest BCUT2D eigenvalue weighted by molar-refractivity contribution is 4.88. The lowest BCUT2D eigenvalue weighted by Gasteiger charge is -1.57. The second kappa shape index (κ2) is 3.45. The Hall–Kier alpha value is -0.550. The van der Waals surface area contributed by atoms with Crippen molar-refractivity contribution in [3.05, 3.63) is 0 Å². The number of hydrogen-bond donors (Lipinski definition) is 1. The average molecular weight is 74.1 g/mol. The van der Waals surface area contributed by atoms with Gasteiger partial charge in [0.25, 0.3) is 0 Å². The Bertz CT molecular complexity index is 59.0. The summed E-state index contributed by atoms with van der Waals surface area (Å²) < 4.78 is 10.5. The van der Waals surface area contributed by atoms with E-state index in [4.69, 9.17) is 5.11 Å². The third-order valence-electron chi connectivity index (χ3n) is 0.146. The van der Waals surface area contributed by atoms with Crippen molar-refractivity contribution < 1.29 is 9.50 Å². The molecule has 0 aromatic carbocycles. The molecule has 0 amide bonds. The Morgan fingerprint density at radius 2 is 2.40 bits per heavy atom. The lowest BCUT2D eigenvalue weighted by molar-refractivity contribution is 0.350. The van der Waals surface area contributed by atoms with Crippen LogP contribution < -0.4 is 0 Å². The molecule has 0 aromatic rings. The molecule has 0 heterocycles. The Morgan fingerprint density at radius 3 is 2.40 bits per heavy atom. The van der Waals surface area contributed by atoms with Crippen LogP contribution in [-0.4, -0.2) is 11.7 Å². The van der Waals surface area contributed by atoms with Crippen molar-refractivity contribution in [2.24, 2.45) is 0 Å². The molecule has 5 heavy (non-hydrogen) atoms. The summed E-state index contributed by atoms with van der Waals surface area (Å²) in [6.07, 6.45) is 1.02. The smallest absolute Gasteiger partial charge is 0.108 e. The fourth-order valence-electron chi connectivity index (χ4n) is 0.0299. The normalized spacial score (nSPS) is 5.20. The molecule has 0 saturated heterocycles. The number of hydrogen-bond acceptors (Lipinski definition) is 1. The minimum Gasteiger partial charge on any atom is -0.384 e. The summed E-state index contributed by atoms with van der Waals surface area (Å²) in [5.74, 6) is 1.75. The summed E-state index contributed by atoms with van der Waals surface area (Å²) in [5.41, 5.74) is 0. The monoisotopic (exact) mass is 74.0 g/mol. The van der Waals surface area contributed by atoms with Crippen LogP contribution in [0.4, 0.5) is 4.39 Å². The molecule has 0 atom stereocenters. The van der Waals surface area contributed by atoms with E-state index in [1.807, 2.05) is 0 Å². The fourth-order valence-corrected chi connectivity index (χ4v) is 0.0299. The summed E-state index contributed by atoms with van der Waals surface area (Å²) in [6, 6.07) is 0. The van der Waals surface area contributed by atoms with Crippen molar-refractivity contribution in [2.75, 3.05) is 6.61 Å². The minimum absolute atomic E-state index is 0.392. The van der Waals surface area contributed by atoms with Gasteiger partial charge in [-0.3, -0.25) is 0 Å².